The molecular weight excluding hydrogens is 448 g/mol. The van der Waals surface area contributed by atoms with Crippen LogP contribution in [0.2, 0.25) is 0 Å². The van der Waals surface area contributed by atoms with Gasteiger partial charge in [0.15, 0.2) is 6.04 Å². The maximum atomic E-state index is 14.0. The van der Waals surface area contributed by atoms with E-state index in [0.717, 1.165) is 5.56 Å². The van der Waals surface area contributed by atoms with Gasteiger partial charge in [-0.25, -0.2) is 4.79 Å². The van der Waals surface area contributed by atoms with Crippen molar-refractivity contribution in [2.24, 2.45) is 10.5 Å². The van der Waals surface area contributed by atoms with Crippen LogP contribution >= 0.6 is 0 Å². The maximum absolute atomic E-state index is 14.0. The Labute approximate surface area is 203 Å². The van der Waals surface area contributed by atoms with Crippen LogP contribution in [0.15, 0.2) is 59.7 Å². The quantitative estimate of drug-likeness (QED) is 0.482. The van der Waals surface area contributed by atoms with Crippen LogP contribution in [0.4, 0.5) is 0 Å². The second kappa shape index (κ2) is 7.66. The van der Waals surface area contributed by atoms with Gasteiger partial charge in [0, 0.05) is 19.8 Å². The summed E-state index contributed by atoms with van der Waals surface area (Å²) >= 11 is 0. The molecule has 0 bridgehead atoms. The Balaban J connectivity index is 1.80. The number of rotatable bonds is 2. The molecule has 35 heavy (non-hydrogen) atoms. The molecule has 0 aliphatic carbocycles. The number of hydrogen-bond donors (Lipinski definition) is 0. The van der Waals surface area contributed by atoms with E-state index in [1.165, 1.54) is 18.9 Å². The van der Waals surface area contributed by atoms with Crippen molar-refractivity contribution in [1.82, 2.24) is 5.01 Å². The molecule has 0 saturated carbocycles. The van der Waals surface area contributed by atoms with Crippen molar-refractivity contribution in [3.63, 3.8) is 0 Å². The highest BCUT2D eigenvalue weighted by Gasteiger charge is 2.75. The van der Waals surface area contributed by atoms with Crippen LogP contribution in [-0.4, -0.2) is 46.6 Å². The fourth-order valence-corrected chi connectivity index (χ4v) is 5.38. The molecule has 0 N–H and O–H groups in total. The van der Waals surface area contributed by atoms with Gasteiger partial charge in [-0.1, -0.05) is 54.6 Å². The minimum Gasteiger partial charge on any atom is -0.458 e. The topological polar surface area (TPSA) is 94.5 Å². The molecule has 3 atom stereocenters. The summed E-state index contributed by atoms with van der Waals surface area (Å²) in [5.74, 6) is -4.49. The summed E-state index contributed by atoms with van der Waals surface area (Å²) in [5.41, 5.74) is -0.639. The average Bonchev–Trinajstić information content (AvgIpc) is 3.09. The summed E-state index contributed by atoms with van der Waals surface area (Å²) in [4.78, 5) is 41.7. The third-order valence-corrected chi connectivity index (χ3v) is 6.57. The molecule has 0 aromatic heterocycles. The molecule has 182 valence electrons. The van der Waals surface area contributed by atoms with E-state index < -0.39 is 52.7 Å². The Bertz CT molecular complexity index is 1210. The van der Waals surface area contributed by atoms with Crippen molar-refractivity contribution in [3.8, 4) is 0 Å². The number of esters is 3. The number of hydrogen-bond acceptors (Lipinski definition) is 8. The van der Waals surface area contributed by atoms with Gasteiger partial charge >= 0.3 is 17.9 Å². The molecule has 5 rings (SSSR count). The van der Waals surface area contributed by atoms with Crippen LogP contribution in [-0.2, 0) is 28.6 Å². The van der Waals surface area contributed by atoms with Gasteiger partial charge in [0.25, 0.3) is 5.79 Å². The normalized spacial score (nSPS) is 26.0. The van der Waals surface area contributed by atoms with E-state index in [0.29, 0.717) is 11.1 Å². The Hall–Kier alpha value is -3.68. The van der Waals surface area contributed by atoms with Crippen molar-refractivity contribution in [2.75, 3.05) is 0 Å². The van der Waals surface area contributed by atoms with Crippen molar-refractivity contribution >= 4 is 24.1 Å². The van der Waals surface area contributed by atoms with Gasteiger partial charge in [0.05, 0.1) is 6.21 Å². The first kappa shape index (κ1) is 23.1. The molecule has 0 amide bonds. The summed E-state index contributed by atoms with van der Waals surface area (Å²) in [6, 6.07) is 14.4. The van der Waals surface area contributed by atoms with Gasteiger partial charge in [-0.2, -0.15) is 5.10 Å². The van der Waals surface area contributed by atoms with Crippen molar-refractivity contribution in [3.05, 3.63) is 71.3 Å². The molecule has 3 aliphatic rings. The molecule has 3 heterocycles. The lowest BCUT2D eigenvalue weighted by molar-refractivity contribution is -0.254. The van der Waals surface area contributed by atoms with Gasteiger partial charge in [0.1, 0.15) is 11.6 Å². The smallest absolute Gasteiger partial charge is 0.331 e. The molecule has 8 nitrogen and oxygen atoms in total. The van der Waals surface area contributed by atoms with E-state index in [-0.39, 0.29) is 0 Å². The number of carbonyl (C=O) groups excluding carboxylic acids is 3. The van der Waals surface area contributed by atoms with Crippen LogP contribution in [0.5, 0.6) is 0 Å². The average molecular weight is 477 g/mol. The third kappa shape index (κ3) is 3.50. The highest BCUT2D eigenvalue weighted by atomic mass is 16.7. The lowest BCUT2D eigenvalue weighted by Gasteiger charge is -2.44. The number of ether oxygens (including phenoxy) is 3. The van der Waals surface area contributed by atoms with Crippen LogP contribution in [0.25, 0.3) is 0 Å². The fraction of sp³-hybridized carbons (Fsp3) is 0.407. The molecule has 1 spiro atoms. The van der Waals surface area contributed by atoms with E-state index in [9.17, 15) is 14.4 Å². The van der Waals surface area contributed by atoms with Crippen LogP contribution in [0.3, 0.4) is 0 Å². The highest BCUT2D eigenvalue weighted by molar-refractivity contribution is 6.06. The second-order valence-electron chi connectivity index (χ2n) is 10.6. The van der Waals surface area contributed by atoms with E-state index in [1.54, 1.807) is 51.3 Å². The monoisotopic (exact) mass is 476 g/mol. The standard InChI is InChI=1S/C27H28N2O6/c1-25(2,3)33-22(30)20-19(16-11-7-6-8-12-16)27(23(31)34-26(4,5)35-24(27)32)21-18-14-10-9-13-17(18)15-28-29(20)21/h6-15,19-21H,1-5H3/t19-,20+,21+/m0/s1. The van der Waals surface area contributed by atoms with E-state index >= 15 is 0 Å². The molecule has 2 aromatic rings. The second-order valence-corrected chi connectivity index (χ2v) is 10.6. The number of benzene rings is 2. The van der Waals surface area contributed by atoms with Gasteiger partial charge in [-0.3, -0.25) is 14.6 Å². The third-order valence-electron chi connectivity index (χ3n) is 6.57. The summed E-state index contributed by atoms with van der Waals surface area (Å²) in [5, 5.41) is 6.11. The molecule has 8 heteroatoms. The Morgan fingerprint density at radius 1 is 0.971 bits per heavy atom. The summed E-state index contributed by atoms with van der Waals surface area (Å²) in [6.07, 6.45) is 1.63. The Kier molecular flexibility index (Phi) is 5.05. The number of nitrogens with zero attached hydrogens (tertiary/aromatic N) is 2. The predicted molar refractivity (Wildman–Crippen MR) is 126 cm³/mol. The van der Waals surface area contributed by atoms with Gasteiger partial charge in [0.2, 0.25) is 5.41 Å². The molecule has 2 fully saturated rings. The zero-order valence-electron chi connectivity index (χ0n) is 20.3. The van der Waals surface area contributed by atoms with Crippen LogP contribution in [0.1, 0.15) is 63.3 Å². The predicted octanol–water partition coefficient (Wildman–Crippen LogP) is 3.71. The molecule has 2 saturated heterocycles. The van der Waals surface area contributed by atoms with E-state index in [2.05, 4.69) is 5.10 Å². The van der Waals surface area contributed by atoms with E-state index in [1.807, 2.05) is 30.3 Å². The molecule has 3 aliphatic heterocycles. The zero-order valence-corrected chi connectivity index (χ0v) is 20.3. The highest BCUT2D eigenvalue weighted by Crippen LogP contribution is 2.62. The SMILES string of the molecule is CC(C)(C)OC(=O)[C@H]1[C@H](c2ccccc2)C2(C(=O)OC(C)(C)OC2=O)[C@H]2c3ccccc3C=NN12. The minimum atomic E-state index is -1.88. The summed E-state index contributed by atoms with van der Waals surface area (Å²) < 4.78 is 17.2. The summed E-state index contributed by atoms with van der Waals surface area (Å²) in [7, 11) is 0. The van der Waals surface area contributed by atoms with Crippen molar-refractivity contribution in [1.29, 1.82) is 0 Å². The number of cyclic esters (lactones) is 2. The van der Waals surface area contributed by atoms with Crippen LogP contribution in [0, 0.1) is 5.41 Å². The number of carbonyl (C=O) groups is 3. The first-order chi connectivity index (χ1) is 16.5. The Morgan fingerprint density at radius 2 is 1.57 bits per heavy atom. The molecule has 2 aromatic carbocycles. The zero-order chi connectivity index (χ0) is 25.2. The number of fused-ring (bicyclic) bond motifs is 4. The lowest BCUT2D eigenvalue weighted by atomic mass is 9.65. The molecule has 0 radical (unpaired) electrons. The number of hydrazone groups is 1. The van der Waals surface area contributed by atoms with Crippen molar-refractivity contribution < 1.29 is 28.6 Å². The Morgan fingerprint density at radius 3 is 2.20 bits per heavy atom. The van der Waals surface area contributed by atoms with E-state index in [4.69, 9.17) is 14.2 Å². The molecule has 0 unspecified atom stereocenters. The largest absolute Gasteiger partial charge is 0.458 e. The van der Waals surface area contributed by atoms with Crippen molar-refractivity contribution in [2.45, 2.75) is 64.0 Å². The first-order valence-electron chi connectivity index (χ1n) is 11.6. The van der Waals surface area contributed by atoms with Gasteiger partial charge in [-0.15, -0.1) is 0 Å². The maximum Gasteiger partial charge on any atom is 0.331 e. The summed E-state index contributed by atoms with van der Waals surface area (Å²) in [6.45, 7) is 8.33. The molecular formula is C27H28N2O6. The van der Waals surface area contributed by atoms with Crippen LogP contribution < -0.4 is 0 Å². The van der Waals surface area contributed by atoms with Gasteiger partial charge in [-0.05, 0) is 37.5 Å². The van der Waals surface area contributed by atoms with Gasteiger partial charge < -0.3 is 14.2 Å². The first-order valence-corrected chi connectivity index (χ1v) is 11.6. The fourth-order valence-electron chi connectivity index (χ4n) is 5.38. The lowest BCUT2D eigenvalue weighted by Crippen LogP contribution is -2.58. The minimum absolute atomic E-state index is 0.588.